The van der Waals surface area contributed by atoms with Crippen LogP contribution in [0.1, 0.15) is 71.1 Å². The normalized spacial score (nSPS) is 10.1. The number of carboxylic acid groups (broad SMARTS) is 1. The number of aliphatic carboxylic acids is 1. The second-order valence-electron chi connectivity index (χ2n) is 4.75. The summed E-state index contributed by atoms with van der Waals surface area (Å²) in [6.07, 6.45) is 13.2. The molecule has 18 heavy (non-hydrogen) atoms. The average Bonchev–Trinajstić information content (AvgIpc) is 2.30. The van der Waals surface area contributed by atoms with E-state index in [2.05, 4.69) is 12.2 Å². The first-order valence-corrected chi connectivity index (χ1v) is 7.20. The Morgan fingerprint density at radius 1 is 0.889 bits per heavy atom. The molecule has 0 bridgehead atoms. The third-order valence-electron chi connectivity index (χ3n) is 2.98. The monoisotopic (exact) mass is 267 g/mol. The molecule has 0 saturated carbocycles. The Labute approximate surface area is 134 Å². The van der Waals surface area contributed by atoms with Crippen LogP contribution < -0.4 is 5.32 Å². The van der Waals surface area contributed by atoms with Crippen LogP contribution in [-0.4, -0.2) is 53.7 Å². The summed E-state index contributed by atoms with van der Waals surface area (Å²) >= 11 is 0. The predicted octanol–water partition coefficient (Wildman–Crippen LogP) is 2.93. The van der Waals surface area contributed by atoms with Crippen molar-refractivity contribution < 1.29 is 9.90 Å². The summed E-state index contributed by atoms with van der Waals surface area (Å²) < 4.78 is 0. The van der Waals surface area contributed by atoms with Crippen LogP contribution >= 0.6 is 0 Å². The van der Waals surface area contributed by atoms with Gasteiger partial charge in [-0.25, -0.2) is 0 Å². The van der Waals surface area contributed by atoms with Crippen LogP contribution in [0.4, 0.5) is 0 Å². The van der Waals surface area contributed by atoms with Gasteiger partial charge >= 0.3 is 35.5 Å². The van der Waals surface area contributed by atoms with Gasteiger partial charge in [-0.05, 0) is 13.0 Å². The molecule has 0 fully saturated rings. The topological polar surface area (TPSA) is 49.3 Å². The van der Waals surface area contributed by atoms with Crippen molar-refractivity contribution in [3.63, 3.8) is 0 Å². The summed E-state index contributed by atoms with van der Waals surface area (Å²) in [5.41, 5.74) is 0. The molecule has 0 spiro atoms. The van der Waals surface area contributed by atoms with E-state index < -0.39 is 5.97 Å². The molecule has 104 valence electrons. The molecular weight excluding hydrogens is 237 g/mol. The number of unbranched alkanes of at least 4 members (excludes halogenated alkanes) is 9. The van der Waals surface area contributed by atoms with Gasteiger partial charge in [0.25, 0.3) is 0 Å². The van der Waals surface area contributed by atoms with Gasteiger partial charge in [-0.2, -0.15) is 0 Å². The van der Waals surface area contributed by atoms with Crippen LogP contribution in [0.5, 0.6) is 0 Å². The van der Waals surface area contributed by atoms with E-state index in [9.17, 15) is 4.79 Å². The number of rotatable bonds is 13. The van der Waals surface area contributed by atoms with Crippen LogP contribution in [0.3, 0.4) is 0 Å². The fourth-order valence-electron chi connectivity index (χ4n) is 1.93. The Kier molecular flexibility index (Phi) is 20.1. The van der Waals surface area contributed by atoms with Crippen molar-refractivity contribution in [2.75, 3.05) is 13.1 Å². The van der Waals surface area contributed by atoms with Crippen molar-refractivity contribution in [1.29, 1.82) is 0 Å². The molecule has 0 atom stereocenters. The third-order valence-corrected chi connectivity index (χ3v) is 2.98. The minimum atomic E-state index is -0.767. The number of hydrogen-bond acceptors (Lipinski definition) is 2. The van der Waals surface area contributed by atoms with Gasteiger partial charge in [0.2, 0.25) is 0 Å². The first-order valence-electron chi connectivity index (χ1n) is 7.20. The first-order chi connectivity index (χ1) is 8.27. The SMILES string of the molecule is CCCCCCCCCCCCNCC(=O)O.[NaH]. The Hall–Kier alpha value is 0.430. The second-order valence-corrected chi connectivity index (χ2v) is 4.75. The van der Waals surface area contributed by atoms with E-state index in [1.54, 1.807) is 0 Å². The summed E-state index contributed by atoms with van der Waals surface area (Å²) in [7, 11) is 0. The van der Waals surface area contributed by atoms with E-state index in [-0.39, 0.29) is 36.1 Å². The van der Waals surface area contributed by atoms with Gasteiger partial charge in [0.1, 0.15) is 0 Å². The second kappa shape index (κ2) is 17.4. The zero-order chi connectivity index (χ0) is 12.8. The maximum atomic E-state index is 10.2. The molecule has 0 rings (SSSR count). The Morgan fingerprint density at radius 2 is 1.33 bits per heavy atom. The van der Waals surface area contributed by atoms with Gasteiger partial charge < -0.3 is 10.4 Å². The summed E-state index contributed by atoms with van der Waals surface area (Å²) in [6.45, 7) is 3.18. The average molecular weight is 267 g/mol. The number of carbonyl (C=O) groups is 1. The van der Waals surface area contributed by atoms with Crippen LogP contribution in [0, 0.1) is 0 Å². The molecule has 0 aliphatic heterocycles. The van der Waals surface area contributed by atoms with E-state index in [1.165, 1.54) is 57.8 Å². The minimum absolute atomic E-state index is 0. The van der Waals surface area contributed by atoms with Crippen LogP contribution in [-0.2, 0) is 4.79 Å². The van der Waals surface area contributed by atoms with Crippen LogP contribution in [0.15, 0.2) is 0 Å². The molecule has 2 N–H and O–H groups in total. The molecule has 0 unspecified atom stereocenters. The number of carboxylic acids is 1. The molecule has 0 amide bonds. The zero-order valence-corrected chi connectivity index (χ0v) is 11.3. The molecule has 0 heterocycles. The van der Waals surface area contributed by atoms with Crippen LogP contribution in [0.2, 0.25) is 0 Å². The van der Waals surface area contributed by atoms with Crippen LogP contribution in [0.25, 0.3) is 0 Å². The summed E-state index contributed by atoms with van der Waals surface area (Å²) in [6, 6.07) is 0. The van der Waals surface area contributed by atoms with E-state index in [4.69, 9.17) is 5.11 Å². The quantitative estimate of drug-likeness (QED) is 0.398. The molecule has 0 aromatic rings. The number of nitrogens with one attached hydrogen (secondary N) is 1. The van der Waals surface area contributed by atoms with Gasteiger partial charge in [-0.1, -0.05) is 64.7 Å². The number of hydrogen-bond donors (Lipinski definition) is 2. The molecule has 3 nitrogen and oxygen atoms in total. The van der Waals surface area contributed by atoms with Crippen molar-refractivity contribution in [3.8, 4) is 0 Å². The summed E-state index contributed by atoms with van der Waals surface area (Å²) in [5.74, 6) is -0.767. The van der Waals surface area contributed by atoms with Crippen molar-refractivity contribution in [3.05, 3.63) is 0 Å². The third kappa shape index (κ3) is 18.8. The van der Waals surface area contributed by atoms with E-state index in [0.29, 0.717) is 0 Å². The maximum absolute atomic E-state index is 10.2. The molecule has 0 aromatic carbocycles. The van der Waals surface area contributed by atoms with Crippen molar-refractivity contribution in [2.45, 2.75) is 71.1 Å². The fourth-order valence-corrected chi connectivity index (χ4v) is 1.93. The predicted molar refractivity (Wildman–Crippen MR) is 79.5 cm³/mol. The fraction of sp³-hybridized carbons (Fsp3) is 0.929. The zero-order valence-electron chi connectivity index (χ0n) is 11.3. The van der Waals surface area contributed by atoms with E-state index in [0.717, 1.165) is 13.0 Å². The Balaban J connectivity index is 0. The van der Waals surface area contributed by atoms with E-state index in [1.807, 2.05) is 0 Å². The van der Waals surface area contributed by atoms with Gasteiger partial charge in [0, 0.05) is 0 Å². The van der Waals surface area contributed by atoms with Gasteiger partial charge in [-0.15, -0.1) is 0 Å². The molecule has 0 aliphatic carbocycles. The Bertz CT molecular complexity index is 177. The summed E-state index contributed by atoms with van der Waals surface area (Å²) in [4.78, 5) is 10.2. The summed E-state index contributed by atoms with van der Waals surface area (Å²) in [5, 5.41) is 11.3. The molecule has 0 aromatic heterocycles. The van der Waals surface area contributed by atoms with Gasteiger partial charge in [0.15, 0.2) is 0 Å². The first kappa shape index (κ1) is 20.7. The Morgan fingerprint density at radius 3 is 1.78 bits per heavy atom. The van der Waals surface area contributed by atoms with Gasteiger partial charge in [0.05, 0.1) is 6.54 Å². The molecular formula is C14H30NNaO2. The van der Waals surface area contributed by atoms with Crippen molar-refractivity contribution in [1.82, 2.24) is 5.32 Å². The molecule has 0 saturated heterocycles. The molecule has 0 radical (unpaired) electrons. The van der Waals surface area contributed by atoms with Gasteiger partial charge in [-0.3, -0.25) is 4.79 Å². The van der Waals surface area contributed by atoms with Crippen molar-refractivity contribution in [2.24, 2.45) is 0 Å². The van der Waals surface area contributed by atoms with Crippen molar-refractivity contribution >= 4 is 35.5 Å². The molecule has 4 heteroatoms. The van der Waals surface area contributed by atoms with E-state index >= 15 is 0 Å². The molecule has 0 aliphatic rings. The standard InChI is InChI=1S/C14H29NO2.Na.H/c1-2-3-4-5-6-7-8-9-10-11-12-15-13-14(16)17;;/h15H,2-13H2,1H3,(H,16,17);;.